The maximum atomic E-state index is 12.1. The summed E-state index contributed by atoms with van der Waals surface area (Å²) in [5.74, 6) is 0.178. The molecule has 17 heavy (non-hydrogen) atoms. The van der Waals surface area contributed by atoms with Crippen LogP contribution in [0.3, 0.4) is 0 Å². The van der Waals surface area contributed by atoms with Gasteiger partial charge in [0.2, 0.25) is 0 Å². The van der Waals surface area contributed by atoms with E-state index in [0.29, 0.717) is 18.2 Å². The van der Waals surface area contributed by atoms with Crippen molar-refractivity contribution in [2.75, 3.05) is 33.7 Å². The monoisotopic (exact) mass is 236 g/mol. The van der Waals surface area contributed by atoms with Gasteiger partial charge in [0, 0.05) is 45.3 Å². The fourth-order valence-electron chi connectivity index (χ4n) is 2.29. The molecule has 1 aliphatic rings. The van der Waals surface area contributed by atoms with Gasteiger partial charge < -0.3 is 9.80 Å². The third kappa shape index (κ3) is 2.73. The summed E-state index contributed by atoms with van der Waals surface area (Å²) in [4.78, 5) is 16.7. The van der Waals surface area contributed by atoms with Crippen molar-refractivity contribution in [1.29, 1.82) is 0 Å². The minimum absolute atomic E-state index is 0.178. The van der Waals surface area contributed by atoms with E-state index in [2.05, 4.69) is 29.0 Å². The molecule has 0 bridgehead atoms. The molecule has 1 aliphatic heterocycles. The molecule has 5 heteroatoms. The maximum absolute atomic E-state index is 12.1. The summed E-state index contributed by atoms with van der Waals surface area (Å²) in [6.07, 6.45) is 2.24. The maximum Gasteiger partial charge on any atom is 0.182 e. The van der Waals surface area contributed by atoms with Crippen molar-refractivity contribution in [3.05, 3.63) is 18.0 Å². The number of hydrogen-bond donors (Lipinski definition) is 0. The third-order valence-electron chi connectivity index (χ3n) is 3.51. The zero-order chi connectivity index (χ0) is 12.4. The molecule has 2 heterocycles. The zero-order valence-electron chi connectivity index (χ0n) is 10.8. The number of rotatable bonds is 3. The molecule has 1 aromatic heterocycles. The van der Waals surface area contributed by atoms with Crippen LogP contribution < -0.4 is 0 Å². The van der Waals surface area contributed by atoms with Crippen molar-refractivity contribution in [3.8, 4) is 0 Å². The molecule has 0 aromatic carbocycles. The van der Waals surface area contributed by atoms with Gasteiger partial charge in [-0.1, -0.05) is 0 Å². The molecule has 1 unspecified atom stereocenters. The summed E-state index contributed by atoms with van der Waals surface area (Å²) in [7, 11) is 6.01. The Balaban J connectivity index is 2.01. The van der Waals surface area contributed by atoms with Gasteiger partial charge in [0.1, 0.15) is 5.69 Å². The number of aromatic nitrogens is 2. The number of likely N-dealkylation sites (N-methyl/N-ethyl adjacent to an activating group) is 2. The van der Waals surface area contributed by atoms with Gasteiger partial charge in [-0.2, -0.15) is 5.10 Å². The van der Waals surface area contributed by atoms with E-state index in [4.69, 9.17) is 0 Å². The number of piperazine rings is 1. The lowest BCUT2D eigenvalue weighted by molar-refractivity contribution is 0.0802. The quantitative estimate of drug-likeness (QED) is 0.705. The number of hydrogen-bond acceptors (Lipinski definition) is 4. The molecular weight excluding hydrogens is 216 g/mol. The molecule has 1 atom stereocenters. The van der Waals surface area contributed by atoms with Crippen LogP contribution in [0.25, 0.3) is 0 Å². The SMILES string of the molecule is CN1CCN(C)C(CC(=O)c2ccnn2C)C1. The van der Waals surface area contributed by atoms with Crippen LogP contribution in [0.2, 0.25) is 0 Å². The Morgan fingerprint density at radius 1 is 1.41 bits per heavy atom. The third-order valence-corrected chi connectivity index (χ3v) is 3.51. The fraction of sp³-hybridized carbons (Fsp3) is 0.667. The summed E-state index contributed by atoms with van der Waals surface area (Å²) in [5.41, 5.74) is 0.701. The second-order valence-electron chi connectivity index (χ2n) is 4.86. The topological polar surface area (TPSA) is 41.4 Å². The molecule has 1 saturated heterocycles. The standard InChI is InChI=1S/C12H20N4O/c1-14-6-7-15(2)10(9-14)8-12(17)11-4-5-13-16(11)3/h4-5,10H,6-9H2,1-3H3. The first-order valence-corrected chi connectivity index (χ1v) is 5.98. The van der Waals surface area contributed by atoms with Crippen LogP contribution in [-0.2, 0) is 7.05 Å². The molecule has 0 N–H and O–H groups in total. The Kier molecular flexibility index (Phi) is 3.59. The fourth-order valence-corrected chi connectivity index (χ4v) is 2.29. The molecule has 0 aliphatic carbocycles. The Hall–Kier alpha value is -1.20. The summed E-state index contributed by atoms with van der Waals surface area (Å²) in [5, 5.41) is 4.04. The average Bonchev–Trinajstić information content (AvgIpc) is 2.70. The zero-order valence-corrected chi connectivity index (χ0v) is 10.8. The van der Waals surface area contributed by atoms with Crippen LogP contribution in [0.1, 0.15) is 16.9 Å². The molecule has 0 spiro atoms. The average molecular weight is 236 g/mol. The smallest absolute Gasteiger partial charge is 0.182 e. The number of carbonyl (C=O) groups is 1. The van der Waals surface area contributed by atoms with Gasteiger partial charge in [-0.05, 0) is 20.2 Å². The summed E-state index contributed by atoms with van der Waals surface area (Å²) in [6.45, 7) is 3.06. The first kappa shape index (κ1) is 12.3. The van der Waals surface area contributed by atoms with E-state index in [1.807, 2.05) is 7.05 Å². The normalized spacial score (nSPS) is 22.9. The number of nitrogens with zero attached hydrogens (tertiary/aromatic N) is 4. The van der Waals surface area contributed by atoms with Crippen LogP contribution in [0, 0.1) is 0 Å². The van der Waals surface area contributed by atoms with Gasteiger partial charge in [0.25, 0.3) is 0 Å². The minimum atomic E-state index is 0.178. The molecule has 5 nitrogen and oxygen atoms in total. The molecule has 0 saturated carbocycles. The first-order chi connectivity index (χ1) is 8.08. The van der Waals surface area contributed by atoms with Crippen LogP contribution in [-0.4, -0.2) is 65.1 Å². The lowest BCUT2D eigenvalue weighted by Crippen LogP contribution is -2.50. The van der Waals surface area contributed by atoms with Crippen molar-refractivity contribution < 1.29 is 4.79 Å². The van der Waals surface area contributed by atoms with E-state index in [1.54, 1.807) is 16.9 Å². The number of carbonyl (C=O) groups excluding carboxylic acids is 1. The number of aryl methyl sites for hydroxylation is 1. The molecule has 0 amide bonds. The van der Waals surface area contributed by atoms with Crippen molar-refractivity contribution >= 4 is 5.78 Å². The largest absolute Gasteiger partial charge is 0.304 e. The second kappa shape index (κ2) is 4.98. The van der Waals surface area contributed by atoms with Crippen LogP contribution in [0.4, 0.5) is 0 Å². The van der Waals surface area contributed by atoms with Gasteiger partial charge in [-0.25, -0.2) is 0 Å². The Morgan fingerprint density at radius 3 is 2.82 bits per heavy atom. The van der Waals surface area contributed by atoms with Crippen molar-refractivity contribution in [1.82, 2.24) is 19.6 Å². The van der Waals surface area contributed by atoms with Crippen molar-refractivity contribution in [2.24, 2.45) is 7.05 Å². The van der Waals surface area contributed by atoms with Crippen LogP contribution in [0.5, 0.6) is 0 Å². The molecule has 94 valence electrons. The highest BCUT2D eigenvalue weighted by molar-refractivity contribution is 5.94. The van der Waals surface area contributed by atoms with E-state index >= 15 is 0 Å². The Labute approximate surface area is 102 Å². The van der Waals surface area contributed by atoms with Crippen molar-refractivity contribution in [3.63, 3.8) is 0 Å². The van der Waals surface area contributed by atoms with Crippen molar-refractivity contribution in [2.45, 2.75) is 12.5 Å². The minimum Gasteiger partial charge on any atom is -0.304 e. The summed E-state index contributed by atoms with van der Waals surface area (Å²) in [6, 6.07) is 2.10. The van der Waals surface area contributed by atoms with Crippen LogP contribution in [0.15, 0.2) is 12.3 Å². The second-order valence-corrected chi connectivity index (χ2v) is 4.86. The molecule has 1 fully saturated rings. The molecule has 2 rings (SSSR count). The van der Waals surface area contributed by atoms with E-state index in [1.165, 1.54) is 0 Å². The predicted molar refractivity (Wildman–Crippen MR) is 66.1 cm³/mol. The highest BCUT2D eigenvalue weighted by Gasteiger charge is 2.25. The van der Waals surface area contributed by atoms with E-state index in [-0.39, 0.29) is 5.78 Å². The van der Waals surface area contributed by atoms with E-state index in [0.717, 1.165) is 19.6 Å². The van der Waals surface area contributed by atoms with Crippen LogP contribution >= 0.6 is 0 Å². The van der Waals surface area contributed by atoms with Gasteiger partial charge in [-0.3, -0.25) is 9.48 Å². The Bertz CT molecular complexity index is 401. The number of ketones is 1. The lowest BCUT2D eigenvalue weighted by atomic mass is 10.0. The highest BCUT2D eigenvalue weighted by Crippen LogP contribution is 2.13. The number of Topliss-reactive ketones (excluding diaryl/α,β-unsaturated/α-hetero) is 1. The Morgan fingerprint density at radius 2 is 2.18 bits per heavy atom. The summed E-state index contributed by atoms with van der Waals surface area (Å²) >= 11 is 0. The van der Waals surface area contributed by atoms with Gasteiger partial charge in [-0.15, -0.1) is 0 Å². The summed E-state index contributed by atoms with van der Waals surface area (Å²) < 4.78 is 1.65. The highest BCUT2D eigenvalue weighted by atomic mass is 16.1. The lowest BCUT2D eigenvalue weighted by Gasteiger charge is -2.37. The molecule has 1 aromatic rings. The van der Waals surface area contributed by atoms with E-state index in [9.17, 15) is 4.79 Å². The van der Waals surface area contributed by atoms with Gasteiger partial charge >= 0.3 is 0 Å². The molecule has 0 radical (unpaired) electrons. The first-order valence-electron chi connectivity index (χ1n) is 5.98. The van der Waals surface area contributed by atoms with Gasteiger partial charge in [0.15, 0.2) is 5.78 Å². The van der Waals surface area contributed by atoms with Gasteiger partial charge in [0.05, 0.1) is 0 Å². The van der Waals surface area contributed by atoms with E-state index < -0.39 is 0 Å². The predicted octanol–water partition coefficient (Wildman–Crippen LogP) is 0.239. The molecular formula is C12H20N4O.